The number of hydrogen-bond donors (Lipinski definition) is 2. The summed E-state index contributed by atoms with van der Waals surface area (Å²) in [5.41, 5.74) is 7.78. The first-order chi connectivity index (χ1) is 7.38. The first-order valence-corrected chi connectivity index (χ1v) is 4.98. The minimum absolute atomic E-state index is 0.527. The fourth-order valence-corrected chi connectivity index (χ4v) is 1.89. The Morgan fingerprint density at radius 2 is 1.93 bits per heavy atom. The van der Waals surface area contributed by atoms with Gasteiger partial charge < -0.3 is 20.2 Å². The lowest BCUT2D eigenvalue weighted by Gasteiger charge is -2.18. The number of benzene rings is 1. The zero-order chi connectivity index (χ0) is 10.3. The first-order valence-electron chi connectivity index (χ1n) is 4.98. The molecule has 2 aromatic rings. The molecule has 0 radical (unpaired) electrons. The number of ether oxygens (including phenoxy) is 2. The summed E-state index contributed by atoms with van der Waals surface area (Å²) in [4.78, 5) is 3.17. The van der Waals surface area contributed by atoms with Crippen molar-refractivity contribution in [3.63, 3.8) is 0 Å². The van der Waals surface area contributed by atoms with Crippen molar-refractivity contribution >= 4 is 10.9 Å². The molecule has 0 saturated heterocycles. The van der Waals surface area contributed by atoms with Crippen molar-refractivity contribution in [1.29, 1.82) is 0 Å². The van der Waals surface area contributed by atoms with Crippen molar-refractivity contribution < 1.29 is 9.47 Å². The molecule has 2 heterocycles. The SMILES string of the molecule is NCc1c[nH]c2cc3c(cc12)OCCO3. The summed E-state index contributed by atoms with van der Waals surface area (Å²) in [6, 6.07) is 3.95. The summed E-state index contributed by atoms with van der Waals surface area (Å²) in [7, 11) is 0. The van der Waals surface area contributed by atoms with Gasteiger partial charge in [0.2, 0.25) is 0 Å². The largest absolute Gasteiger partial charge is 0.486 e. The number of fused-ring (bicyclic) bond motifs is 2. The Labute approximate surface area is 87.0 Å². The van der Waals surface area contributed by atoms with E-state index in [9.17, 15) is 0 Å². The third-order valence-electron chi connectivity index (χ3n) is 2.65. The molecule has 1 aliphatic heterocycles. The fraction of sp³-hybridized carbons (Fsp3) is 0.273. The van der Waals surface area contributed by atoms with Crippen LogP contribution in [0, 0.1) is 0 Å². The Morgan fingerprint density at radius 3 is 2.67 bits per heavy atom. The summed E-state index contributed by atoms with van der Waals surface area (Å²) < 4.78 is 11.0. The molecule has 0 spiro atoms. The first kappa shape index (κ1) is 8.61. The lowest BCUT2D eigenvalue weighted by Crippen LogP contribution is -2.15. The molecule has 1 aromatic carbocycles. The molecule has 0 saturated carbocycles. The maximum Gasteiger partial charge on any atom is 0.163 e. The van der Waals surface area contributed by atoms with E-state index in [1.54, 1.807) is 0 Å². The van der Waals surface area contributed by atoms with Gasteiger partial charge in [0.25, 0.3) is 0 Å². The van der Waals surface area contributed by atoms with Crippen LogP contribution in [0.5, 0.6) is 11.5 Å². The van der Waals surface area contributed by atoms with Gasteiger partial charge in [-0.25, -0.2) is 0 Å². The van der Waals surface area contributed by atoms with Crippen molar-refractivity contribution in [2.45, 2.75) is 6.54 Å². The van der Waals surface area contributed by atoms with E-state index >= 15 is 0 Å². The molecule has 4 nitrogen and oxygen atoms in total. The Bertz CT molecular complexity index is 505. The highest BCUT2D eigenvalue weighted by atomic mass is 16.6. The molecule has 1 aromatic heterocycles. The average Bonchev–Trinajstić information content (AvgIpc) is 2.68. The predicted molar refractivity (Wildman–Crippen MR) is 57.2 cm³/mol. The van der Waals surface area contributed by atoms with E-state index in [2.05, 4.69) is 4.98 Å². The minimum Gasteiger partial charge on any atom is -0.486 e. The van der Waals surface area contributed by atoms with Crippen molar-refractivity contribution in [1.82, 2.24) is 4.98 Å². The molecule has 0 bridgehead atoms. The Hall–Kier alpha value is -1.68. The molecule has 4 heteroatoms. The van der Waals surface area contributed by atoms with Crippen LogP contribution in [-0.4, -0.2) is 18.2 Å². The normalized spacial score (nSPS) is 14.5. The van der Waals surface area contributed by atoms with E-state index in [0.29, 0.717) is 19.8 Å². The lowest BCUT2D eigenvalue weighted by atomic mass is 10.1. The Balaban J connectivity index is 2.23. The molecule has 0 unspecified atom stereocenters. The molecule has 15 heavy (non-hydrogen) atoms. The Kier molecular flexibility index (Phi) is 1.82. The molecular weight excluding hydrogens is 192 g/mol. The number of nitrogens with one attached hydrogen (secondary N) is 1. The van der Waals surface area contributed by atoms with E-state index in [-0.39, 0.29) is 0 Å². The van der Waals surface area contributed by atoms with Crippen LogP contribution in [0.3, 0.4) is 0 Å². The van der Waals surface area contributed by atoms with Gasteiger partial charge in [0.05, 0.1) is 0 Å². The molecule has 0 amide bonds. The maximum atomic E-state index is 5.64. The molecular formula is C11H12N2O2. The monoisotopic (exact) mass is 204 g/mol. The molecule has 3 N–H and O–H groups in total. The van der Waals surface area contributed by atoms with Crippen LogP contribution in [0.15, 0.2) is 18.3 Å². The average molecular weight is 204 g/mol. The number of nitrogens with two attached hydrogens (primary N) is 1. The van der Waals surface area contributed by atoms with Crippen molar-refractivity contribution in [3.05, 3.63) is 23.9 Å². The summed E-state index contributed by atoms with van der Waals surface area (Å²) in [6.07, 6.45) is 1.93. The third kappa shape index (κ3) is 1.26. The van der Waals surface area contributed by atoms with Crippen molar-refractivity contribution in [2.24, 2.45) is 5.73 Å². The van der Waals surface area contributed by atoms with Crippen LogP contribution in [-0.2, 0) is 6.54 Å². The van der Waals surface area contributed by atoms with Gasteiger partial charge in [0, 0.05) is 29.7 Å². The van der Waals surface area contributed by atoms with Gasteiger partial charge in [-0.1, -0.05) is 0 Å². The summed E-state index contributed by atoms with van der Waals surface area (Å²) >= 11 is 0. The van der Waals surface area contributed by atoms with E-state index < -0.39 is 0 Å². The zero-order valence-electron chi connectivity index (χ0n) is 8.25. The van der Waals surface area contributed by atoms with Crippen LogP contribution in [0.1, 0.15) is 5.56 Å². The van der Waals surface area contributed by atoms with E-state index in [0.717, 1.165) is 28.0 Å². The van der Waals surface area contributed by atoms with Gasteiger partial charge in [-0.15, -0.1) is 0 Å². The summed E-state index contributed by atoms with van der Waals surface area (Å²) in [6.45, 7) is 1.75. The molecule has 0 aliphatic carbocycles. The number of hydrogen-bond acceptors (Lipinski definition) is 3. The quantitative estimate of drug-likeness (QED) is 0.738. The molecule has 1 aliphatic rings. The van der Waals surface area contributed by atoms with Gasteiger partial charge in [-0.3, -0.25) is 0 Å². The van der Waals surface area contributed by atoms with Crippen LogP contribution in [0.4, 0.5) is 0 Å². The zero-order valence-corrected chi connectivity index (χ0v) is 8.25. The maximum absolute atomic E-state index is 5.64. The van der Waals surface area contributed by atoms with Crippen LogP contribution >= 0.6 is 0 Å². The van der Waals surface area contributed by atoms with Crippen LogP contribution in [0.25, 0.3) is 10.9 Å². The standard InChI is InChI=1S/C11H12N2O2/c12-5-7-6-13-9-4-11-10(3-8(7)9)14-1-2-15-11/h3-4,6,13H,1-2,5,12H2. The highest BCUT2D eigenvalue weighted by molar-refractivity contribution is 5.86. The van der Waals surface area contributed by atoms with Crippen LogP contribution < -0.4 is 15.2 Å². The number of aromatic nitrogens is 1. The molecule has 3 rings (SSSR count). The predicted octanol–water partition coefficient (Wildman–Crippen LogP) is 1.40. The lowest BCUT2D eigenvalue weighted by molar-refractivity contribution is 0.172. The van der Waals surface area contributed by atoms with Gasteiger partial charge in [-0.05, 0) is 11.6 Å². The smallest absolute Gasteiger partial charge is 0.163 e. The highest BCUT2D eigenvalue weighted by Crippen LogP contribution is 2.35. The second-order valence-corrected chi connectivity index (χ2v) is 3.56. The third-order valence-corrected chi connectivity index (χ3v) is 2.65. The molecule has 78 valence electrons. The van der Waals surface area contributed by atoms with E-state index in [1.165, 1.54) is 0 Å². The Morgan fingerprint density at radius 1 is 1.20 bits per heavy atom. The highest BCUT2D eigenvalue weighted by Gasteiger charge is 2.14. The van der Waals surface area contributed by atoms with Crippen LogP contribution in [0.2, 0.25) is 0 Å². The van der Waals surface area contributed by atoms with Crippen molar-refractivity contribution in [3.8, 4) is 11.5 Å². The van der Waals surface area contributed by atoms with Gasteiger partial charge in [0.1, 0.15) is 13.2 Å². The van der Waals surface area contributed by atoms with Gasteiger partial charge in [0.15, 0.2) is 11.5 Å². The second-order valence-electron chi connectivity index (χ2n) is 3.56. The second kappa shape index (κ2) is 3.17. The minimum atomic E-state index is 0.527. The molecule has 0 fully saturated rings. The van der Waals surface area contributed by atoms with Gasteiger partial charge in [-0.2, -0.15) is 0 Å². The topological polar surface area (TPSA) is 60.3 Å². The molecule has 0 atom stereocenters. The number of H-pyrrole nitrogens is 1. The van der Waals surface area contributed by atoms with Gasteiger partial charge >= 0.3 is 0 Å². The summed E-state index contributed by atoms with van der Waals surface area (Å²) in [5.74, 6) is 1.61. The number of rotatable bonds is 1. The van der Waals surface area contributed by atoms with Crippen molar-refractivity contribution in [2.75, 3.05) is 13.2 Å². The summed E-state index contributed by atoms with van der Waals surface area (Å²) in [5, 5.41) is 1.11. The van der Waals surface area contributed by atoms with E-state index in [4.69, 9.17) is 15.2 Å². The number of aromatic amines is 1. The fourth-order valence-electron chi connectivity index (χ4n) is 1.89. The van der Waals surface area contributed by atoms with E-state index in [1.807, 2.05) is 18.3 Å².